The average Bonchev–Trinajstić information content (AvgIpc) is 2.15. The molecule has 2 heterocycles. The van der Waals surface area contributed by atoms with Crippen LogP contribution in [0.15, 0.2) is 0 Å². The summed E-state index contributed by atoms with van der Waals surface area (Å²) in [6.07, 6.45) is 2.16. The molecule has 0 amide bonds. The molecular weight excluding hydrogens is 204 g/mol. The SMILES string of the molecule is CC(=O)OCC12COC(C)(C[C@H]1C)C[C@H]2C. The monoisotopic (exact) mass is 226 g/mol. The van der Waals surface area contributed by atoms with Crippen LogP contribution >= 0.6 is 0 Å². The summed E-state index contributed by atoms with van der Waals surface area (Å²) in [6.45, 7) is 9.46. The van der Waals surface area contributed by atoms with Crippen molar-refractivity contribution in [2.75, 3.05) is 13.2 Å². The quantitative estimate of drug-likeness (QED) is 0.678. The maximum Gasteiger partial charge on any atom is 0.302 e. The number of hydrogen-bond donors (Lipinski definition) is 0. The largest absolute Gasteiger partial charge is 0.465 e. The van der Waals surface area contributed by atoms with Crippen molar-refractivity contribution in [2.45, 2.75) is 46.1 Å². The van der Waals surface area contributed by atoms with E-state index in [0.717, 1.165) is 19.4 Å². The molecular formula is C13H22O3. The number of hydrogen-bond acceptors (Lipinski definition) is 3. The molecule has 0 radical (unpaired) electrons. The zero-order valence-electron chi connectivity index (χ0n) is 10.7. The topological polar surface area (TPSA) is 35.5 Å². The maximum atomic E-state index is 11.0. The van der Waals surface area contributed by atoms with E-state index in [0.29, 0.717) is 18.4 Å². The highest BCUT2D eigenvalue weighted by molar-refractivity contribution is 5.65. The first-order chi connectivity index (χ1) is 7.38. The normalized spacial score (nSPS) is 46.8. The lowest BCUT2D eigenvalue weighted by Crippen LogP contribution is -2.60. The Labute approximate surface area is 97.5 Å². The zero-order chi connectivity index (χ0) is 12.0. The van der Waals surface area contributed by atoms with Gasteiger partial charge in [0.15, 0.2) is 0 Å². The summed E-state index contributed by atoms with van der Waals surface area (Å²) in [5.41, 5.74) is 0.0975. The van der Waals surface area contributed by atoms with Crippen LogP contribution in [0.3, 0.4) is 0 Å². The van der Waals surface area contributed by atoms with Crippen LogP contribution in [-0.4, -0.2) is 24.8 Å². The Balaban J connectivity index is 2.15. The van der Waals surface area contributed by atoms with Crippen LogP contribution in [0.25, 0.3) is 0 Å². The van der Waals surface area contributed by atoms with E-state index in [1.807, 2.05) is 0 Å². The summed E-state index contributed by atoms with van der Waals surface area (Å²) < 4.78 is 11.2. The molecule has 0 aromatic carbocycles. The van der Waals surface area contributed by atoms with E-state index in [1.165, 1.54) is 6.92 Å². The van der Waals surface area contributed by atoms with Crippen molar-refractivity contribution in [3.8, 4) is 0 Å². The van der Waals surface area contributed by atoms with Crippen molar-refractivity contribution < 1.29 is 14.3 Å². The van der Waals surface area contributed by atoms with Crippen LogP contribution in [-0.2, 0) is 14.3 Å². The molecule has 2 aliphatic heterocycles. The van der Waals surface area contributed by atoms with Gasteiger partial charge < -0.3 is 9.47 Å². The van der Waals surface area contributed by atoms with E-state index in [1.54, 1.807) is 0 Å². The van der Waals surface area contributed by atoms with Gasteiger partial charge in [-0.2, -0.15) is 0 Å². The van der Waals surface area contributed by atoms with Crippen molar-refractivity contribution in [1.29, 1.82) is 0 Å². The van der Waals surface area contributed by atoms with Gasteiger partial charge in [0.05, 0.1) is 18.8 Å². The molecule has 0 aromatic heterocycles. The van der Waals surface area contributed by atoms with E-state index in [4.69, 9.17) is 9.47 Å². The third kappa shape index (κ3) is 1.75. The predicted molar refractivity (Wildman–Crippen MR) is 61.0 cm³/mol. The Morgan fingerprint density at radius 1 is 1.38 bits per heavy atom. The minimum Gasteiger partial charge on any atom is -0.465 e. The Morgan fingerprint density at radius 3 is 2.38 bits per heavy atom. The first-order valence-electron chi connectivity index (χ1n) is 6.15. The molecule has 16 heavy (non-hydrogen) atoms. The molecule has 1 saturated carbocycles. The lowest BCUT2D eigenvalue weighted by molar-refractivity contribution is -0.239. The van der Waals surface area contributed by atoms with Gasteiger partial charge in [-0.3, -0.25) is 4.79 Å². The van der Waals surface area contributed by atoms with Crippen LogP contribution in [0.1, 0.15) is 40.5 Å². The Morgan fingerprint density at radius 2 is 1.94 bits per heavy atom. The molecule has 0 spiro atoms. The highest BCUT2D eigenvalue weighted by atomic mass is 16.5. The highest BCUT2D eigenvalue weighted by Crippen LogP contribution is 2.55. The van der Waals surface area contributed by atoms with Crippen LogP contribution in [0, 0.1) is 17.3 Å². The van der Waals surface area contributed by atoms with Gasteiger partial charge in [0, 0.05) is 12.3 Å². The van der Waals surface area contributed by atoms with Gasteiger partial charge >= 0.3 is 5.97 Å². The number of carbonyl (C=O) groups excluding carboxylic acids is 1. The Kier molecular flexibility index (Phi) is 2.77. The molecule has 3 rings (SSSR count). The van der Waals surface area contributed by atoms with Crippen molar-refractivity contribution in [1.82, 2.24) is 0 Å². The molecule has 3 fully saturated rings. The van der Waals surface area contributed by atoms with Gasteiger partial charge in [-0.25, -0.2) is 0 Å². The molecule has 2 bridgehead atoms. The number of esters is 1. The van der Waals surface area contributed by atoms with Crippen LogP contribution in [0.2, 0.25) is 0 Å². The Hall–Kier alpha value is -0.570. The van der Waals surface area contributed by atoms with Crippen molar-refractivity contribution in [2.24, 2.45) is 17.3 Å². The summed E-state index contributed by atoms with van der Waals surface area (Å²) >= 11 is 0. The van der Waals surface area contributed by atoms with Gasteiger partial charge in [-0.1, -0.05) is 13.8 Å². The van der Waals surface area contributed by atoms with Gasteiger partial charge in [-0.15, -0.1) is 0 Å². The van der Waals surface area contributed by atoms with Gasteiger partial charge in [0.1, 0.15) is 0 Å². The number of ether oxygens (including phenoxy) is 2. The molecule has 2 atom stereocenters. The first-order valence-corrected chi connectivity index (χ1v) is 6.15. The molecule has 0 unspecified atom stereocenters. The lowest BCUT2D eigenvalue weighted by Gasteiger charge is -2.58. The number of rotatable bonds is 2. The smallest absolute Gasteiger partial charge is 0.302 e. The van der Waals surface area contributed by atoms with Gasteiger partial charge in [0.2, 0.25) is 0 Å². The minimum atomic E-state index is -0.187. The molecule has 92 valence electrons. The maximum absolute atomic E-state index is 11.0. The summed E-state index contributed by atoms with van der Waals surface area (Å²) in [6, 6.07) is 0. The summed E-state index contributed by atoms with van der Waals surface area (Å²) in [4.78, 5) is 11.0. The Bertz CT molecular complexity index is 286. The third-order valence-electron chi connectivity index (χ3n) is 4.67. The fourth-order valence-corrected chi connectivity index (χ4v) is 3.54. The van der Waals surface area contributed by atoms with E-state index in [2.05, 4.69) is 20.8 Å². The van der Waals surface area contributed by atoms with Crippen molar-refractivity contribution in [3.05, 3.63) is 0 Å². The fourth-order valence-electron chi connectivity index (χ4n) is 3.54. The lowest BCUT2D eigenvalue weighted by atomic mass is 9.56. The molecule has 3 heteroatoms. The van der Waals surface area contributed by atoms with Crippen LogP contribution in [0.4, 0.5) is 0 Å². The van der Waals surface area contributed by atoms with E-state index >= 15 is 0 Å². The predicted octanol–water partition coefficient (Wildman–Crippen LogP) is 2.39. The highest BCUT2D eigenvalue weighted by Gasteiger charge is 2.56. The molecule has 2 saturated heterocycles. The first kappa shape index (κ1) is 11.9. The molecule has 1 aliphatic carbocycles. The number of fused-ring (bicyclic) bond motifs is 3. The number of carbonyl (C=O) groups is 1. The second kappa shape index (κ2) is 3.73. The molecule has 0 N–H and O–H groups in total. The molecule has 0 aromatic rings. The second-order valence-electron chi connectivity index (χ2n) is 5.96. The molecule has 3 aliphatic rings. The van der Waals surface area contributed by atoms with Crippen molar-refractivity contribution in [3.63, 3.8) is 0 Å². The molecule has 3 nitrogen and oxygen atoms in total. The summed E-state index contributed by atoms with van der Waals surface area (Å²) in [7, 11) is 0. The van der Waals surface area contributed by atoms with E-state index in [-0.39, 0.29) is 17.0 Å². The van der Waals surface area contributed by atoms with Crippen LogP contribution < -0.4 is 0 Å². The summed E-state index contributed by atoms with van der Waals surface area (Å²) in [5, 5.41) is 0. The second-order valence-corrected chi connectivity index (χ2v) is 5.96. The minimum absolute atomic E-state index is 0.0451. The zero-order valence-corrected chi connectivity index (χ0v) is 10.7. The van der Waals surface area contributed by atoms with Crippen LogP contribution in [0.5, 0.6) is 0 Å². The standard InChI is InChI=1S/C13H22O3/c1-9-5-12(4)6-10(2)13(9,8-16-12)7-15-11(3)14/h9-10H,5-8H2,1-4H3/t9-,10-,12?,13?/m1/s1. The summed E-state index contributed by atoms with van der Waals surface area (Å²) in [5.74, 6) is 0.941. The third-order valence-corrected chi connectivity index (χ3v) is 4.67. The van der Waals surface area contributed by atoms with Gasteiger partial charge in [-0.05, 0) is 31.6 Å². The fraction of sp³-hybridized carbons (Fsp3) is 0.923. The van der Waals surface area contributed by atoms with Crippen molar-refractivity contribution >= 4 is 5.97 Å². The van der Waals surface area contributed by atoms with E-state index < -0.39 is 0 Å². The van der Waals surface area contributed by atoms with E-state index in [9.17, 15) is 4.79 Å². The average molecular weight is 226 g/mol. The van der Waals surface area contributed by atoms with Gasteiger partial charge in [0.25, 0.3) is 0 Å².